The van der Waals surface area contributed by atoms with Crippen LogP contribution < -0.4 is 0 Å². The highest BCUT2D eigenvalue weighted by Crippen LogP contribution is 2.44. The maximum atomic E-state index is 13.7. The number of benzene rings is 4. The van der Waals surface area contributed by atoms with Crippen LogP contribution in [0.4, 0.5) is 13.2 Å². The first kappa shape index (κ1) is 17.6. The summed E-state index contributed by atoms with van der Waals surface area (Å²) in [5, 5.41) is 3.64. The largest absolute Gasteiger partial charge is 0.417 e. The first-order valence-corrected chi connectivity index (χ1v) is 8.60. The van der Waals surface area contributed by atoms with Crippen LogP contribution in [0.1, 0.15) is 11.1 Å². The van der Waals surface area contributed by atoms with Gasteiger partial charge in [0.15, 0.2) is 0 Å². The molecule has 4 aromatic carbocycles. The van der Waals surface area contributed by atoms with Crippen LogP contribution >= 0.6 is 0 Å². The lowest BCUT2D eigenvalue weighted by Crippen LogP contribution is -2.08. The van der Waals surface area contributed by atoms with Gasteiger partial charge >= 0.3 is 6.18 Å². The van der Waals surface area contributed by atoms with Crippen LogP contribution in [0.25, 0.3) is 32.7 Å². The van der Waals surface area contributed by atoms with Crippen LogP contribution in [-0.2, 0) is 17.5 Å². The molecule has 0 saturated heterocycles. The van der Waals surface area contributed by atoms with Crippen LogP contribution in [0, 0.1) is 0 Å². The molecule has 4 heteroatoms. The lowest BCUT2D eigenvalue weighted by atomic mass is 9.86. The molecular weight excluding hydrogens is 349 g/mol. The van der Waals surface area contributed by atoms with Gasteiger partial charge in [0, 0.05) is 7.11 Å². The summed E-state index contributed by atoms with van der Waals surface area (Å²) in [6.07, 6.45) is -4.44. The number of hydrogen-bond acceptors (Lipinski definition) is 1. The van der Waals surface area contributed by atoms with E-state index in [0.717, 1.165) is 33.2 Å². The molecule has 0 N–H and O–H groups in total. The molecule has 4 rings (SSSR count). The minimum Gasteiger partial charge on any atom is -0.380 e. The van der Waals surface area contributed by atoms with Gasteiger partial charge in [-0.25, -0.2) is 0 Å². The zero-order valence-corrected chi connectivity index (χ0v) is 14.7. The second-order valence-electron chi connectivity index (χ2n) is 6.42. The van der Waals surface area contributed by atoms with E-state index in [4.69, 9.17) is 4.74 Å². The van der Waals surface area contributed by atoms with Gasteiger partial charge in [-0.1, -0.05) is 66.7 Å². The molecule has 0 aliphatic heterocycles. The Labute approximate surface area is 155 Å². The third kappa shape index (κ3) is 2.96. The predicted octanol–water partition coefficient (Wildman–Crippen LogP) is 6.83. The highest BCUT2D eigenvalue weighted by Gasteiger charge is 2.34. The highest BCUT2D eigenvalue weighted by molar-refractivity contribution is 6.16. The lowest BCUT2D eigenvalue weighted by Gasteiger charge is -2.20. The summed E-state index contributed by atoms with van der Waals surface area (Å²) in [6, 6.07) is 21.1. The Bertz CT molecular complexity index is 1130. The van der Waals surface area contributed by atoms with Crippen LogP contribution in [0.3, 0.4) is 0 Å². The summed E-state index contributed by atoms with van der Waals surface area (Å²) in [7, 11) is 1.56. The van der Waals surface area contributed by atoms with Crippen molar-refractivity contribution in [2.24, 2.45) is 0 Å². The maximum Gasteiger partial charge on any atom is 0.417 e. The smallest absolute Gasteiger partial charge is 0.380 e. The second kappa shape index (κ2) is 6.71. The van der Waals surface area contributed by atoms with Gasteiger partial charge < -0.3 is 4.74 Å². The number of methoxy groups -OCH3 is 1. The number of fused-ring (bicyclic) bond motifs is 3. The molecule has 0 aliphatic rings. The lowest BCUT2D eigenvalue weighted by molar-refractivity contribution is -0.137. The molecule has 1 nitrogen and oxygen atoms in total. The number of hydrogen-bond donors (Lipinski definition) is 0. The molecular formula is C23H17F3O. The van der Waals surface area contributed by atoms with Crippen molar-refractivity contribution in [3.05, 3.63) is 83.9 Å². The Morgan fingerprint density at radius 2 is 1.22 bits per heavy atom. The van der Waals surface area contributed by atoms with E-state index in [1.54, 1.807) is 19.2 Å². The molecule has 27 heavy (non-hydrogen) atoms. The summed E-state index contributed by atoms with van der Waals surface area (Å²) in [4.78, 5) is 0. The summed E-state index contributed by atoms with van der Waals surface area (Å²) >= 11 is 0. The summed E-state index contributed by atoms with van der Waals surface area (Å²) < 4.78 is 46.6. The topological polar surface area (TPSA) is 9.23 Å². The van der Waals surface area contributed by atoms with Gasteiger partial charge in [0.2, 0.25) is 0 Å². The molecule has 0 radical (unpaired) electrons. The van der Waals surface area contributed by atoms with Gasteiger partial charge in [-0.15, -0.1) is 0 Å². The summed E-state index contributed by atoms with van der Waals surface area (Å²) in [5.41, 5.74) is 0.893. The Morgan fingerprint density at radius 3 is 1.85 bits per heavy atom. The van der Waals surface area contributed by atoms with Gasteiger partial charge in [0.05, 0.1) is 12.2 Å². The zero-order valence-electron chi connectivity index (χ0n) is 14.7. The minimum atomic E-state index is -4.44. The van der Waals surface area contributed by atoms with E-state index in [0.29, 0.717) is 5.56 Å². The third-order valence-corrected chi connectivity index (χ3v) is 4.83. The van der Waals surface area contributed by atoms with E-state index in [9.17, 15) is 13.2 Å². The average Bonchev–Trinajstić information content (AvgIpc) is 2.68. The fourth-order valence-corrected chi connectivity index (χ4v) is 3.76. The molecule has 0 heterocycles. The third-order valence-electron chi connectivity index (χ3n) is 4.83. The molecule has 0 aromatic heterocycles. The van der Waals surface area contributed by atoms with Gasteiger partial charge in [-0.3, -0.25) is 0 Å². The minimum absolute atomic E-state index is 0.180. The van der Waals surface area contributed by atoms with Crippen molar-refractivity contribution in [3.63, 3.8) is 0 Å². The van der Waals surface area contributed by atoms with Crippen LogP contribution in [-0.4, -0.2) is 7.11 Å². The Hall–Kier alpha value is -2.85. The Morgan fingerprint density at radius 1 is 0.704 bits per heavy atom. The van der Waals surface area contributed by atoms with Crippen LogP contribution in [0.5, 0.6) is 0 Å². The zero-order chi connectivity index (χ0) is 19.0. The molecule has 0 amide bonds. The van der Waals surface area contributed by atoms with E-state index in [1.165, 1.54) is 6.07 Å². The number of rotatable bonds is 3. The maximum absolute atomic E-state index is 13.7. The van der Waals surface area contributed by atoms with Crippen molar-refractivity contribution in [2.75, 3.05) is 7.11 Å². The van der Waals surface area contributed by atoms with Gasteiger partial charge in [0.25, 0.3) is 0 Å². The molecule has 0 spiro atoms. The number of halogens is 3. The second-order valence-corrected chi connectivity index (χ2v) is 6.42. The van der Waals surface area contributed by atoms with Crippen molar-refractivity contribution in [2.45, 2.75) is 12.8 Å². The molecule has 0 aliphatic carbocycles. The molecule has 0 bridgehead atoms. The van der Waals surface area contributed by atoms with E-state index < -0.39 is 11.7 Å². The molecule has 136 valence electrons. The fourth-order valence-electron chi connectivity index (χ4n) is 3.76. The molecule has 0 fully saturated rings. The molecule has 4 aromatic rings. The summed E-state index contributed by atoms with van der Waals surface area (Å²) in [5.74, 6) is 0. The first-order chi connectivity index (χ1) is 13.0. The van der Waals surface area contributed by atoms with Crippen molar-refractivity contribution < 1.29 is 17.9 Å². The Kier molecular flexibility index (Phi) is 4.36. The Balaban J connectivity index is 2.22. The van der Waals surface area contributed by atoms with Gasteiger partial charge in [0.1, 0.15) is 0 Å². The van der Waals surface area contributed by atoms with Crippen molar-refractivity contribution in [3.8, 4) is 11.1 Å². The molecule has 0 unspecified atom stereocenters. The number of alkyl halides is 3. The standard InChI is InChI=1S/C23H17F3O/c1-27-14-20-17-10-3-2-8-15(17)16-9-4-5-11-18(16)22(20)19-12-6-7-13-21(19)23(24,25)26/h2-13H,14H2,1H3. The molecule has 0 saturated carbocycles. The molecule has 0 atom stereocenters. The van der Waals surface area contributed by atoms with Crippen LogP contribution in [0.15, 0.2) is 72.8 Å². The van der Waals surface area contributed by atoms with Crippen LogP contribution in [0.2, 0.25) is 0 Å². The first-order valence-electron chi connectivity index (χ1n) is 8.60. The van der Waals surface area contributed by atoms with E-state index in [-0.39, 0.29) is 12.2 Å². The van der Waals surface area contributed by atoms with Crippen molar-refractivity contribution in [1.29, 1.82) is 0 Å². The van der Waals surface area contributed by atoms with Gasteiger partial charge in [-0.2, -0.15) is 13.2 Å². The SMILES string of the molecule is COCc1c(-c2ccccc2C(F)(F)F)c2ccccc2c2ccccc12. The van der Waals surface area contributed by atoms with Crippen molar-refractivity contribution in [1.82, 2.24) is 0 Å². The average molecular weight is 366 g/mol. The van der Waals surface area contributed by atoms with Gasteiger partial charge in [-0.05, 0) is 44.3 Å². The normalized spacial score (nSPS) is 12.0. The summed E-state index contributed by atoms with van der Waals surface area (Å²) in [6.45, 7) is 0.229. The number of ether oxygens (including phenoxy) is 1. The fraction of sp³-hybridized carbons (Fsp3) is 0.130. The van der Waals surface area contributed by atoms with E-state index >= 15 is 0 Å². The van der Waals surface area contributed by atoms with E-state index in [2.05, 4.69) is 0 Å². The highest BCUT2D eigenvalue weighted by atomic mass is 19.4. The van der Waals surface area contributed by atoms with Crippen molar-refractivity contribution >= 4 is 21.5 Å². The van der Waals surface area contributed by atoms with E-state index in [1.807, 2.05) is 48.5 Å². The quantitative estimate of drug-likeness (QED) is 0.361. The monoisotopic (exact) mass is 366 g/mol. The predicted molar refractivity (Wildman–Crippen MR) is 103 cm³/mol.